The van der Waals surface area contributed by atoms with Gasteiger partial charge in [-0.15, -0.1) is 0 Å². The van der Waals surface area contributed by atoms with Crippen molar-refractivity contribution in [3.63, 3.8) is 0 Å². The summed E-state index contributed by atoms with van der Waals surface area (Å²) in [5, 5.41) is 8.99. The number of likely N-dealkylation sites (tertiary alicyclic amines) is 1. The lowest BCUT2D eigenvalue weighted by molar-refractivity contribution is -0.149. The highest BCUT2D eigenvalue weighted by Gasteiger charge is 2.44. The molecule has 1 saturated heterocycles. The summed E-state index contributed by atoms with van der Waals surface area (Å²) in [5.41, 5.74) is 0.864. The molecule has 1 aromatic carbocycles. The van der Waals surface area contributed by atoms with E-state index in [0.717, 1.165) is 12.0 Å². The molecule has 1 aromatic rings. The molecule has 1 aliphatic heterocycles. The maximum Gasteiger partial charge on any atom is 0.328 e. The first-order valence-corrected chi connectivity index (χ1v) is 22.5. The standard InChI is InChI=1S/C47H80N6O9/c1-16-30(7)39(48-10)46(58)51(11)40(29(5)6)44(56)50-38(28(3)4)45(57)52(12)41(31(8)17-2)36(60-13)27-37(54)53-25-21-24-35(53)42(61-14)32(9)43(55)49-34(47(59)62-15)26-33-22-19-18-20-23-33/h18-20,22-23,28-32,34-36,38-42,48H,16-17,21,24-27H2,1-15H3,(H,49,55)(H,50,56). The normalized spacial score (nSPS) is 19.0. The molecule has 0 saturated carbocycles. The first-order valence-electron chi connectivity index (χ1n) is 22.5. The Morgan fingerprint density at radius 1 is 0.774 bits per heavy atom. The Morgan fingerprint density at radius 2 is 1.37 bits per heavy atom. The molecule has 11 atom stereocenters. The van der Waals surface area contributed by atoms with E-state index in [9.17, 15) is 28.8 Å². The molecule has 0 spiro atoms. The van der Waals surface area contributed by atoms with E-state index in [0.29, 0.717) is 25.8 Å². The van der Waals surface area contributed by atoms with Crippen LogP contribution in [0.4, 0.5) is 0 Å². The van der Waals surface area contributed by atoms with Crippen molar-refractivity contribution in [1.29, 1.82) is 0 Å². The van der Waals surface area contributed by atoms with Gasteiger partial charge in [-0.3, -0.25) is 24.0 Å². The minimum atomic E-state index is -0.920. The van der Waals surface area contributed by atoms with Crippen molar-refractivity contribution in [2.75, 3.05) is 49.0 Å². The van der Waals surface area contributed by atoms with Gasteiger partial charge in [0.2, 0.25) is 29.5 Å². The Labute approximate surface area is 372 Å². The molecule has 3 N–H and O–H groups in total. The molecule has 1 fully saturated rings. The Hall–Kier alpha value is -4.08. The van der Waals surface area contributed by atoms with E-state index in [4.69, 9.17) is 14.2 Å². The van der Waals surface area contributed by atoms with Gasteiger partial charge in [-0.2, -0.15) is 0 Å². The van der Waals surface area contributed by atoms with Crippen LogP contribution in [0, 0.1) is 29.6 Å². The number of ether oxygens (including phenoxy) is 3. The molecular formula is C47H80N6O9. The summed E-state index contributed by atoms with van der Waals surface area (Å²) in [6, 6.07) is 5.27. The number of hydrogen-bond acceptors (Lipinski definition) is 10. The number of carbonyl (C=O) groups excluding carboxylic acids is 6. The fourth-order valence-corrected chi connectivity index (χ4v) is 8.94. The number of amides is 5. The molecular weight excluding hydrogens is 793 g/mol. The molecule has 11 unspecified atom stereocenters. The van der Waals surface area contributed by atoms with Crippen LogP contribution in [0.15, 0.2) is 30.3 Å². The number of rotatable bonds is 25. The molecule has 0 aliphatic carbocycles. The average molecular weight is 873 g/mol. The zero-order valence-electron chi connectivity index (χ0n) is 40.4. The molecule has 2 rings (SSSR count). The van der Waals surface area contributed by atoms with Crippen LogP contribution in [0.2, 0.25) is 0 Å². The summed E-state index contributed by atoms with van der Waals surface area (Å²) >= 11 is 0. The quantitative estimate of drug-likeness (QED) is 0.122. The zero-order valence-corrected chi connectivity index (χ0v) is 40.4. The van der Waals surface area contributed by atoms with E-state index in [-0.39, 0.29) is 54.2 Å². The summed E-state index contributed by atoms with van der Waals surface area (Å²) in [4.78, 5) is 88.0. The van der Waals surface area contributed by atoms with Crippen molar-refractivity contribution in [3.05, 3.63) is 35.9 Å². The predicted octanol–water partition coefficient (Wildman–Crippen LogP) is 4.07. The topological polar surface area (TPSA) is 176 Å². The van der Waals surface area contributed by atoms with Crippen LogP contribution in [0.3, 0.4) is 0 Å². The Bertz CT molecular complexity index is 1590. The average Bonchev–Trinajstić information content (AvgIpc) is 3.74. The molecule has 62 heavy (non-hydrogen) atoms. The summed E-state index contributed by atoms with van der Waals surface area (Å²) in [7, 11) is 9.40. The van der Waals surface area contributed by atoms with Crippen LogP contribution in [0.5, 0.6) is 0 Å². The van der Waals surface area contributed by atoms with Gasteiger partial charge in [-0.05, 0) is 49.1 Å². The van der Waals surface area contributed by atoms with Gasteiger partial charge in [-0.25, -0.2) is 4.79 Å². The van der Waals surface area contributed by atoms with Crippen molar-refractivity contribution in [2.24, 2.45) is 29.6 Å². The SMILES string of the molecule is CCC(C)C(NC)C(=O)N(C)C(C(=O)NC(C(=O)N(C)C(C(C)CC)C(CC(=O)N1CCCC1C(OC)C(C)C(=O)NC(Cc1ccccc1)C(=O)OC)OC)C(C)C)C(C)C. The first kappa shape index (κ1) is 54.1. The number of nitrogens with one attached hydrogen (secondary N) is 3. The van der Waals surface area contributed by atoms with E-state index in [1.54, 1.807) is 37.9 Å². The lowest BCUT2D eigenvalue weighted by atomic mass is 9.89. The maximum atomic E-state index is 14.6. The monoisotopic (exact) mass is 873 g/mol. The minimum Gasteiger partial charge on any atom is -0.467 e. The molecule has 1 aliphatic rings. The Morgan fingerprint density at radius 3 is 1.87 bits per heavy atom. The van der Waals surface area contributed by atoms with Gasteiger partial charge in [0.25, 0.3) is 0 Å². The van der Waals surface area contributed by atoms with Crippen molar-refractivity contribution < 1.29 is 43.0 Å². The third kappa shape index (κ3) is 14.0. The van der Waals surface area contributed by atoms with Crippen LogP contribution < -0.4 is 16.0 Å². The largest absolute Gasteiger partial charge is 0.467 e. The van der Waals surface area contributed by atoms with E-state index in [1.807, 2.05) is 85.7 Å². The molecule has 1 heterocycles. The van der Waals surface area contributed by atoms with Gasteiger partial charge < -0.3 is 44.9 Å². The molecule has 0 bridgehead atoms. The van der Waals surface area contributed by atoms with Crippen LogP contribution in [0.1, 0.15) is 100.0 Å². The number of benzene rings is 1. The second-order valence-corrected chi connectivity index (χ2v) is 17.9. The summed E-state index contributed by atoms with van der Waals surface area (Å²) < 4.78 is 17.0. The highest BCUT2D eigenvalue weighted by Crippen LogP contribution is 2.30. The minimum absolute atomic E-state index is 0.0397. The molecule has 0 radical (unpaired) electrons. The van der Waals surface area contributed by atoms with E-state index >= 15 is 0 Å². The predicted molar refractivity (Wildman–Crippen MR) is 241 cm³/mol. The van der Waals surface area contributed by atoms with Gasteiger partial charge >= 0.3 is 5.97 Å². The number of hydrogen-bond donors (Lipinski definition) is 3. The summed E-state index contributed by atoms with van der Waals surface area (Å²) in [5.74, 6) is -3.40. The van der Waals surface area contributed by atoms with Gasteiger partial charge in [-0.1, -0.05) is 105 Å². The first-order chi connectivity index (χ1) is 29.3. The lowest BCUT2D eigenvalue weighted by Crippen LogP contribution is -2.61. The van der Waals surface area contributed by atoms with Crippen LogP contribution >= 0.6 is 0 Å². The third-order valence-electron chi connectivity index (χ3n) is 13.0. The molecule has 15 heteroatoms. The molecule has 352 valence electrons. The van der Waals surface area contributed by atoms with E-state index in [2.05, 4.69) is 16.0 Å². The summed E-state index contributed by atoms with van der Waals surface area (Å²) in [6.07, 6.45) is 1.61. The fourth-order valence-electron chi connectivity index (χ4n) is 8.94. The number of carbonyl (C=O) groups is 6. The van der Waals surface area contributed by atoms with Crippen LogP contribution in [-0.2, 0) is 49.4 Å². The maximum absolute atomic E-state index is 14.6. The van der Waals surface area contributed by atoms with Gasteiger partial charge in [0, 0.05) is 41.3 Å². The fraction of sp³-hybridized carbons (Fsp3) is 0.745. The molecule has 0 aromatic heterocycles. The molecule has 5 amide bonds. The lowest BCUT2D eigenvalue weighted by Gasteiger charge is -2.41. The molecule has 15 nitrogen and oxygen atoms in total. The van der Waals surface area contributed by atoms with Gasteiger partial charge in [0.1, 0.15) is 18.1 Å². The number of nitrogens with zero attached hydrogens (tertiary/aromatic N) is 3. The van der Waals surface area contributed by atoms with Crippen molar-refractivity contribution in [2.45, 2.75) is 149 Å². The highest BCUT2D eigenvalue weighted by molar-refractivity contribution is 5.93. The number of esters is 1. The van der Waals surface area contributed by atoms with Crippen molar-refractivity contribution >= 4 is 35.5 Å². The second kappa shape index (κ2) is 25.9. The summed E-state index contributed by atoms with van der Waals surface area (Å²) in [6.45, 7) is 17.7. The number of methoxy groups -OCH3 is 3. The van der Waals surface area contributed by atoms with Gasteiger partial charge in [0.05, 0.1) is 49.8 Å². The zero-order chi connectivity index (χ0) is 47.0. The Balaban J connectivity index is 2.33. The van der Waals surface area contributed by atoms with E-state index in [1.165, 1.54) is 26.2 Å². The number of likely N-dealkylation sites (N-methyl/N-ethyl adjacent to an activating group) is 3. The smallest absolute Gasteiger partial charge is 0.328 e. The van der Waals surface area contributed by atoms with Crippen molar-refractivity contribution in [1.82, 2.24) is 30.7 Å². The van der Waals surface area contributed by atoms with Gasteiger partial charge in [0.15, 0.2) is 0 Å². The Kier molecular flexibility index (Phi) is 22.6. The third-order valence-corrected chi connectivity index (χ3v) is 13.0. The second-order valence-electron chi connectivity index (χ2n) is 17.9. The van der Waals surface area contributed by atoms with Crippen molar-refractivity contribution in [3.8, 4) is 0 Å². The van der Waals surface area contributed by atoms with Crippen LogP contribution in [0.25, 0.3) is 0 Å². The van der Waals surface area contributed by atoms with E-state index < -0.39 is 72.2 Å². The van der Waals surface area contributed by atoms with Crippen LogP contribution in [-0.4, -0.2) is 148 Å². The highest BCUT2D eigenvalue weighted by atomic mass is 16.5.